The fourth-order valence-electron chi connectivity index (χ4n) is 8.45. The summed E-state index contributed by atoms with van der Waals surface area (Å²) in [5.41, 5.74) is 14.8. The Morgan fingerprint density at radius 1 is 0.426 bits per heavy atom. The van der Waals surface area contributed by atoms with Crippen LogP contribution in [0.4, 0.5) is 0 Å². The first-order chi connectivity index (χ1) is 25.4. The van der Waals surface area contributed by atoms with Gasteiger partial charge in [-0.05, 0) is 99.3 Å². The summed E-state index contributed by atoms with van der Waals surface area (Å²) >= 11 is 0. The Labute approximate surface area is 323 Å². The predicted molar refractivity (Wildman–Crippen MR) is 224 cm³/mol. The molecule has 0 saturated carbocycles. The third-order valence-corrected chi connectivity index (χ3v) is 11.3. The van der Waals surface area contributed by atoms with E-state index in [1.807, 2.05) is 0 Å². The number of aromatic nitrogens is 6. The van der Waals surface area contributed by atoms with Gasteiger partial charge in [0.15, 0.2) is 0 Å². The van der Waals surface area contributed by atoms with E-state index < -0.39 is 0 Å². The fourth-order valence-corrected chi connectivity index (χ4v) is 8.45. The van der Waals surface area contributed by atoms with Crippen LogP contribution in [-0.2, 0) is 23.9 Å². The Bertz CT molecular complexity index is 2290. The van der Waals surface area contributed by atoms with E-state index in [1.165, 1.54) is 44.5 Å². The summed E-state index contributed by atoms with van der Waals surface area (Å²) in [7, 11) is 0. The van der Waals surface area contributed by atoms with E-state index in [4.69, 9.17) is 5.10 Å². The third kappa shape index (κ3) is 6.85. The molecule has 280 valence electrons. The Morgan fingerprint density at radius 2 is 0.778 bits per heavy atom. The number of fused-ring (bicyclic) bond motifs is 10. The molecule has 0 radical (unpaired) electrons. The highest BCUT2D eigenvalue weighted by atomic mass is 15.5. The third-order valence-electron chi connectivity index (χ3n) is 11.3. The maximum absolute atomic E-state index is 4.69. The predicted octanol–water partition coefficient (Wildman–Crippen LogP) is 12.1. The molecule has 0 spiro atoms. The first-order valence-electron chi connectivity index (χ1n) is 19.6. The summed E-state index contributed by atoms with van der Waals surface area (Å²) in [5.74, 6) is 0.842. The first-order valence-corrected chi connectivity index (χ1v) is 19.6. The van der Waals surface area contributed by atoms with Gasteiger partial charge in [-0.3, -0.25) is 0 Å². The molecule has 6 aromatic rings. The lowest BCUT2D eigenvalue weighted by Crippen LogP contribution is -2.26. The Morgan fingerprint density at radius 3 is 1.26 bits per heavy atom. The van der Waals surface area contributed by atoms with Crippen LogP contribution in [0.25, 0.3) is 45.0 Å². The van der Waals surface area contributed by atoms with Crippen molar-refractivity contribution in [3.05, 3.63) is 119 Å². The molecule has 2 heterocycles. The zero-order chi connectivity index (χ0) is 38.8. The average molecular weight is 719 g/mol. The topological polar surface area (TPSA) is 61.4 Å². The Balaban J connectivity index is 0.000000167. The van der Waals surface area contributed by atoms with Crippen molar-refractivity contribution in [2.24, 2.45) is 10.8 Å². The van der Waals surface area contributed by atoms with Gasteiger partial charge in [0.25, 0.3) is 0 Å². The van der Waals surface area contributed by atoms with Crippen LogP contribution in [0.5, 0.6) is 0 Å². The minimum Gasteiger partial charge on any atom is -0.239 e. The number of nitrogens with zero attached hydrogens (tertiary/aromatic N) is 6. The van der Waals surface area contributed by atoms with Gasteiger partial charge < -0.3 is 0 Å². The number of hydrogen-bond donors (Lipinski definition) is 0. The smallest absolute Gasteiger partial charge is 0.121 e. The van der Waals surface area contributed by atoms with Crippen LogP contribution in [0, 0.1) is 10.8 Å². The second-order valence-electron chi connectivity index (χ2n) is 19.5. The highest BCUT2D eigenvalue weighted by molar-refractivity contribution is 5.84. The molecule has 0 aliphatic heterocycles. The van der Waals surface area contributed by atoms with E-state index in [0.29, 0.717) is 11.8 Å². The van der Waals surface area contributed by atoms with Crippen molar-refractivity contribution in [1.29, 1.82) is 0 Å². The van der Waals surface area contributed by atoms with Gasteiger partial charge in [-0.15, -0.1) is 10.2 Å². The second-order valence-corrected chi connectivity index (χ2v) is 19.5. The molecule has 2 atom stereocenters. The molecule has 4 aromatic carbocycles. The standard InChI is InChI=1S/2C24H29N3/c1-23(2,3)20-15-16-11-7-8-12-17(16)22-21(19-14-10-9-13-18(19)20)25-26-27(22)24(4,5)6;1-23(2,3)20-15-16-11-7-8-12-17(16)21-22(19-14-10-9-13-18(19)20)27(26-25-21)24(4,5)6/h2*7-14,20H,15H2,1-6H3. The highest BCUT2D eigenvalue weighted by Gasteiger charge is 2.37. The zero-order valence-corrected chi connectivity index (χ0v) is 34.5. The lowest BCUT2D eigenvalue weighted by Gasteiger charge is -2.35. The van der Waals surface area contributed by atoms with Gasteiger partial charge >= 0.3 is 0 Å². The van der Waals surface area contributed by atoms with Crippen molar-refractivity contribution >= 4 is 0 Å². The van der Waals surface area contributed by atoms with Crippen LogP contribution < -0.4 is 0 Å². The van der Waals surface area contributed by atoms with Crippen LogP contribution >= 0.6 is 0 Å². The largest absolute Gasteiger partial charge is 0.239 e. The summed E-state index contributed by atoms with van der Waals surface area (Å²) < 4.78 is 4.19. The normalized spacial score (nSPS) is 16.7. The van der Waals surface area contributed by atoms with E-state index >= 15 is 0 Å². The highest BCUT2D eigenvalue weighted by Crippen LogP contribution is 2.49. The van der Waals surface area contributed by atoms with Crippen molar-refractivity contribution in [3.8, 4) is 45.0 Å². The van der Waals surface area contributed by atoms with Gasteiger partial charge in [0.05, 0.1) is 22.5 Å². The molecule has 0 fully saturated rings. The van der Waals surface area contributed by atoms with E-state index in [2.05, 4.69) is 205 Å². The van der Waals surface area contributed by atoms with Crippen molar-refractivity contribution in [1.82, 2.24) is 30.0 Å². The molecule has 0 N–H and O–H groups in total. The van der Waals surface area contributed by atoms with Crippen molar-refractivity contribution in [2.75, 3.05) is 0 Å². The van der Waals surface area contributed by atoms with Gasteiger partial charge in [-0.25, -0.2) is 9.36 Å². The summed E-state index contributed by atoms with van der Waals surface area (Å²) in [5, 5.41) is 18.6. The zero-order valence-electron chi connectivity index (χ0n) is 34.5. The number of rotatable bonds is 0. The molecule has 6 nitrogen and oxygen atoms in total. The van der Waals surface area contributed by atoms with Gasteiger partial charge in [0.1, 0.15) is 11.4 Å². The molecule has 8 rings (SSSR count). The number of benzene rings is 4. The lowest BCUT2D eigenvalue weighted by molar-refractivity contribution is 0.317. The fraction of sp³-hybridized carbons (Fsp3) is 0.417. The van der Waals surface area contributed by atoms with Gasteiger partial charge in [0.2, 0.25) is 0 Å². The lowest BCUT2D eigenvalue weighted by atomic mass is 9.70. The van der Waals surface area contributed by atoms with E-state index in [1.54, 1.807) is 0 Å². The van der Waals surface area contributed by atoms with Crippen LogP contribution in [0.2, 0.25) is 0 Å². The Kier molecular flexibility index (Phi) is 9.35. The van der Waals surface area contributed by atoms with Gasteiger partial charge in [0, 0.05) is 22.3 Å². The molecule has 0 amide bonds. The second kappa shape index (κ2) is 13.5. The van der Waals surface area contributed by atoms with Crippen LogP contribution in [-0.4, -0.2) is 30.0 Å². The summed E-state index contributed by atoms with van der Waals surface area (Å²) in [6.07, 6.45) is 2.03. The molecule has 0 bridgehead atoms. The van der Waals surface area contributed by atoms with Crippen LogP contribution in [0.15, 0.2) is 97.1 Å². The summed E-state index contributed by atoms with van der Waals surface area (Å²) in [6, 6.07) is 35.1. The molecule has 2 aliphatic carbocycles. The summed E-state index contributed by atoms with van der Waals surface area (Å²) in [4.78, 5) is 0. The van der Waals surface area contributed by atoms with Crippen molar-refractivity contribution in [3.63, 3.8) is 0 Å². The quantitative estimate of drug-likeness (QED) is 0.157. The molecular formula is C48H58N6. The monoisotopic (exact) mass is 718 g/mol. The molecule has 54 heavy (non-hydrogen) atoms. The first kappa shape index (κ1) is 37.5. The van der Waals surface area contributed by atoms with Gasteiger partial charge in [-0.1, -0.05) is 149 Å². The minimum atomic E-state index is -0.140. The summed E-state index contributed by atoms with van der Waals surface area (Å²) in [6.45, 7) is 27.2. The molecule has 2 unspecified atom stereocenters. The van der Waals surface area contributed by atoms with Crippen LogP contribution in [0.1, 0.15) is 117 Å². The van der Waals surface area contributed by atoms with Gasteiger partial charge in [-0.2, -0.15) is 0 Å². The molecule has 2 aliphatic rings. The average Bonchev–Trinajstić information content (AvgIpc) is 3.74. The number of hydrogen-bond acceptors (Lipinski definition) is 4. The molecule has 0 saturated heterocycles. The maximum Gasteiger partial charge on any atom is 0.121 e. The Hall–Kier alpha value is -4.84. The van der Waals surface area contributed by atoms with Crippen molar-refractivity contribution in [2.45, 2.75) is 119 Å². The SMILES string of the molecule is CC(C)(C)C1Cc2ccccc2-c2c(nnn2C(C)(C)C)-c2ccccc21.CC(C)(C)C1Cc2ccccc2-c2nnn(C(C)(C)C)c2-c2ccccc21. The van der Waals surface area contributed by atoms with E-state index in [0.717, 1.165) is 35.6 Å². The van der Waals surface area contributed by atoms with Crippen LogP contribution in [0.3, 0.4) is 0 Å². The maximum atomic E-state index is 4.69. The van der Waals surface area contributed by atoms with E-state index in [9.17, 15) is 0 Å². The molecular weight excluding hydrogens is 661 g/mol. The van der Waals surface area contributed by atoms with E-state index in [-0.39, 0.29) is 21.9 Å². The minimum absolute atomic E-state index is 0.134. The molecule has 2 aromatic heterocycles. The van der Waals surface area contributed by atoms with Crippen molar-refractivity contribution < 1.29 is 0 Å². The molecule has 6 heteroatoms.